The first-order valence-electron chi connectivity index (χ1n) is 5.02. The average molecular weight is 212 g/mol. The van der Waals surface area contributed by atoms with Gasteiger partial charge in [0.25, 0.3) is 0 Å². The second-order valence-electron chi connectivity index (χ2n) is 3.53. The summed E-state index contributed by atoms with van der Waals surface area (Å²) in [6.45, 7) is 1.98. The Labute approximate surface area is 94.1 Å². The largest absolute Gasteiger partial charge is 0.410 e. The van der Waals surface area contributed by atoms with E-state index in [9.17, 15) is 0 Å². The van der Waals surface area contributed by atoms with Crippen molar-refractivity contribution in [3.05, 3.63) is 65.5 Å². The molecule has 2 aromatic rings. The van der Waals surface area contributed by atoms with Gasteiger partial charge in [-0.25, -0.2) is 0 Å². The number of hydrogen-bond acceptors (Lipinski definition) is 3. The lowest BCUT2D eigenvalue weighted by atomic mass is 10.1. The summed E-state index contributed by atoms with van der Waals surface area (Å²) < 4.78 is 0. The van der Waals surface area contributed by atoms with Crippen molar-refractivity contribution in [1.82, 2.24) is 4.98 Å². The first kappa shape index (κ1) is 10.4. The summed E-state index contributed by atoms with van der Waals surface area (Å²) in [5.41, 5.74) is 3.10. The quantitative estimate of drug-likeness (QED) is 0.472. The number of hydrogen-bond donors (Lipinski definition) is 1. The topological polar surface area (TPSA) is 45.5 Å². The normalized spacial score (nSPS) is 11.4. The Morgan fingerprint density at radius 3 is 2.56 bits per heavy atom. The third-order valence-corrected chi connectivity index (χ3v) is 2.31. The number of benzene rings is 1. The molecule has 0 aliphatic carbocycles. The van der Waals surface area contributed by atoms with Gasteiger partial charge in [-0.1, -0.05) is 35.5 Å². The molecule has 0 radical (unpaired) electrons. The summed E-state index contributed by atoms with van der Waals surface area (Å²) in [5, 5.41) is 12.4. The van der Waals surface area contributed by atoms with Gasteiger partial charge >= 0.3 is 0 Å². The molecule has 0 bridgehead atoms. The molecule has 0 spiro atoms. The summed E-state index contributed by atoms with van der Waals surface area (Å²) in [6, 6.07) is 13.3. The lowest BCUT2D eigenvalue weighted by molar-refractivity contribution is 0.319. The van der Waals surface area contributed by atoms with Crippen molar-refractivity contribution in [3.8, 4) is 0 Å². The van der Waals surface area contributed by atoms with Crippen LogP contribution in [0, 0.1) is 6.92 Å². The standard InChI is InChI=1S/C13H12N2O/c1-10-7-8-14-12(9-10)13(15-16)11-5-3-2-4-6-11/h2-9,16H,1H3/b15-13-. The van der Waals surface area contributed by atoms with Crippen molar-refractivity contribution in [1.29, 1.82) is 0 Å². The van der Waals surface area contributed by atoms with Crippen molar-refractivity contribution in [2.75, 3.05) is 0 Å². The number of aryl methyl sites for hydroxylation is 1. The van der Waals surface area contributed by atoms with E-state index in [0.29, 0.717) is 11.4 Å². The molecule has 16 heavy (non-hydrogen) atoms. The highest BCUT2D eigenvalue weighted by Gasteiger charge is 2.08. The Kier molecular flexibility index (Phi) is 2.96. The molecule has 0 amide bonds. The Hall–Kier alpha value is -2.16. The van der Waals surface area contributed by atoms with Gasteiger partial charge in [0.1, 0.15) is 5.71 Å². The van der Waals surface area contributed by atoms with Gasteiger partial charge in [-0.2, -0.15) is 0 Å². The Morgan fingerprint density at radius 1 is 1.19 bits per heavy atom. The third kappa shape index (κ3) is 2.08. The van der Waals surface area contributed by atoms with Crippen LogP contribution in [0.15, 0.2) is 53.8 Å². The predicted molar refractivity (Wildman–Crippen MR) is 62.8 cm³/mol. The van der Waals surface area contributed by atoms with Crippen LogP contribution >= 0.6 is 0 Å². The fourth-order valence-corrected chi connectivity index (χ4v) is 1.52. The zero-order valence-corrected chi connectivity index (χ0v) is 8.96. The number of nitrogens with zero attached hydrogens (tertiary/aromatic N) is 2. The molecule has 1 N–H and O–H groups in total. The van der Waals surface area contributed by atoms with Crippen LogP contribution in [-0.4, -0.2) is 15.9 Å². The van der Waals surface area contributed by atoms with E-state index in [0.717, 1.165) is 11.1 Å². The van der Waals surface area contributed by atoms with Gasteiger partial charge in [-0.15, -0.1) is 0 Å². The Balaban J connectivity index is 2.46. The van der Waals surface area contributed by atoms with E-state index in [4.69, 9.17) is 5.21 Å². The van der Waals surface area contributed by atoms with Crippen molar-refractivity contribution >= 4 is 5.71 Å². The van der Waals surface area contributed by atoms with Crippen LogP contribution < -0.4 is 0 Å². The zero-order chi connectivity index (χ0) is 11.4. The minimum absolute atomic E-state index is 0.490. The van der Waals surface area contributed by atoms with Gasteiger partial charge in [0.05, 0.1) is 5.69 Å². The maximum atomic E-state index is 9.07. The number of oxime groups is 1. The SMILES string of the molecule is Cc1ccnc(/C(=N\O)c2ccccc2)c1. The molecule has 1 aromatic carbocycles. The van der Waals surface area contributed by atoms with Gasteiger partial charge in [0, 0.05) is 11.8 Å². The fourth-order valence-electron chi connectivity index (χ4n) is 1.52. The summed E-state index contributed by atoms with van der Waals surface area (Å²) in [6.07, 6.45) is 1.71. The number of aromatic nitrogens is 1. The van der Waals surface area contributed by atoms with E-state index in [1.165, 1.54) is 0 Å². The van der Waals surface area contributed by atoms with Crippen LogP contribution in [0.4, 0.5) is 0 Å². The van der Waals surface area contributed by atoms with E-state index in [-0.39, 0.29) is 0 Å². The van der Waals surface area contributed by atoms with Crippen LogP contribution in [0.1, 0.15) is 16.8 Å². The molecule has 1 heterocycles. The molecular weight excluding hydrogens is 200 g/mol. The van der Waals surface area contributed by atoms with Gasteiger partial charge in [-0.05, 0) is 24.6 Å². The van der Waals surface area contributed by atoms with Crippen molar-refractivity contribution in [2.45, 2.75) is 6.92 Å². The summed E-state index contributed by atoms with van der Waals surface area (Å²) in [5.74, 6) is 0. The van der Waals surface area contributed by atoms with E-state index >= 15 is 0 Å². The van der Waals surface area contributed by atoms with Crippen molar-refractivity contribution < 1.29 is 5.21 Å². The van der Waals surface area contributed by atoms with Crippen LogP contribution in [0.5, 0.6) is 0 Å². The van der Waals surface area contributed by atoms with Gasteiger partial charge in [0.2, 0.25) is 0 Å². The average Bonchev–Trinajstić information content (AvgIpc) is 2.31. The molecule has 0 aliphatic rings. The Bertz CT molecular complexity index is 506. The minimum atomic E-state index is 0.490. The predicted octanol–water partition coefficient (Wildman–Crippen LogP) is 2.62. The number of rotatable bonds is 2. The van der Waals surface area contributed by atoms with Crippen molar-refractivity contribution in [3.63, 3.8) is 0 Å². The highest BCUT2D eigenvalue weighted by atomic mass is 16.4. The molecule has 80 valence electrons. The first-order valence-corrected chi connectivity index (χ1v) is 5.02. The van der Waals surface area contributed by atoms with E-state index in [2.05, 4.69) is 10.1 Å². The van der Waals surface area contributed by atoms with Gasteiger partial charge in [-0.3, -0.25) is 4.98 Å². The van der Waals surface area contributed by atoms with Crippen molar-refractivity contribution in [2.24, 2.45) is 5.16 Å². The maximum Gasteiger partial charge on any atom is 0.135 e. The second-order valence-corrected chi connectivity index (χ2v) is 3.53. The van der Waals surface area contributed by atoms with E-state index in [1.807, 2.05) is 49.4 Å². The molecule has 2 rings (SSSR count). The molecule has 3 heteroatoms. The summed E-state index contributed by atoms with van der Waals surface area (Å²) >= 11 is 0. The molecule has 3 nitrogen and oxygen atoms in total. The minimum Gasteiger partial charge on any atom is -0.410 e. The first-order chi connectivity index (χ1) is 7.81. The van der Waals surface area contributed by atoms with Gasteiger partial charge in [0.15, 0.2) is 0 Å². The molecule has 0 saturated heterocycles. The van der Waals surface area contributed by atoms with E-state index in [1.54, 1.807) is 6.20 Å². The lowest BCUT2D eigenvalue weighted by Gasteiger charge is -2.04. The van der Waals surface area contributed by atoms with E-state index < -0.39 is 0 Å². The maximum absolute atomic E-state index is 9.07. The lowest BCUT2D eigenvalue weighted by Crippen LogP contribution is -2.05. The van der Waals surface area contributed by atoms with Crippen LogP contribution in [0.2, 0.25) is 0 Å². The highest BCUT2D eigenvalue weighted by molar-refractivity contribution is 6.11. The third-order valence-electron chi connectivity index (χ3n) is 2.31. The molecule has 0 saturated carbocycles. The van der Waals surface area contributed by atoms with Crippen LogP contribution in [-0.2, 0) is 0 Å². The monoisotopic (exact) mass is 212 g/mol. The van der Waals surface area contributed by atoms with Crippen LogP contribution in [0.3, 0.4) is 0 Å². The molecular formula is C13H12N2O. The summed E-state index contributed by atoms with van der Waals surface area (Å²) in [4.78, 5) is 4.20. The zero-order valence-electron chi connectivity index (χ0n) is 8.96. The number of pyridine rings is 1. The van der Waals surface area contributed by atoms with Gasteiger partial charge < -0.3 is 5.21 Å². The Morgan fingerprint density at radius 2 is 1.94 bits per heavy atom. The van der Waals surface area contributed by atoms with Crippen LogP contribution in [0.25, 0.3) is 0 Å². The smallest absolute Gasteiger partial charge is 0.135 e. The molecule has 0 aliphatic heterocycles. The second kappa shape index (κ2) is 4.57. The summed E-state index contributed by atoms with van der Waals surface area (Å²) in [7, 11) is 0. The highest BCUT2D eigenvalue weighted by Crippen LogP contribution is 2.09. The molecule has 0 fully saturated rings. The molecule has 0 atom stereocenters. The molecule has 1 aromatic heterocycles. The molecule has 0 unspecified atom stereocenters. The fraction of sp³-hybridized carbons (Fsp3) is 0.0769.